The zero-order chi connectivity index (χ0) is 13.7. The molecular weight excluding hydrogens is 239 g/mol. The van der Waals surface area contributed by atoms with Gasteiger partial charge in [0.05, 0.1) is 6.04 Å². The highest BCUT2D eigenvalue weighted by Gasteiger charge is 2.26. The normalized spacial score (nSPS) is 21.4. The first-order valence-electron chi connectivity index (χ1n) is 7.44. The van der Waals surface area contributed by atoms with E-state index in [0.29, 0.717) is 0 Å². The maximum atomic E-state index is 14.1. The molecule has 106 valence electrons. The van der Waals surface area contributed by atoms with Crippen LogP contribution >= 0.6 is 0 Å². The van der Waals surface area contributed by atoms with Crippen molar-refractivity contribution in [2.45, 2.75) is 51.1 Å². The number of nitrogens with zero attached hydrogens (tertiary/aromatic N) is 1. The van der Waals surface area contributed by atoms with E-state index in [9.17, 15) is 4.39 Å². The van der Waals surface area contributed by atoms with Crippen LogP contribution in [0.4, 0.5) is 4.39 Å². The number of hydrogen-bond donors (Lipinski definition) is 1. The highest BCUT2D eigenvalue weighted by Crippen LogP contribution is 2.27. The first-order chi connectivity index (χ1) is 9.20. The minimum absolute atomic E-state index is 0.000648. The number of nitrogens with two attached hydrogens (primary N) is 1. The lowest BCUT2D eigenvalue weighted by Gasteiger charge is -2.36. The Morgan fingerprint density at radius 2 is 1.63 bits per heavy atom. The lowest BCUT2D eigenvalue weighted by atomic mass is 9.96. The molecule has 19 heavy (non-hydrogen) atoms. The van der Waals surface area contributed by atoms with Crippen molar-refractivity contribution < 1.29 is 4.39 Å². The molecule has 1 fully saturated rings. The third-order valence-electron chi connectivity index (χ3n) is 4.01. The quantitative estimate of drug-likeness (QED) is 0.905. The molecule has 0 aliphatic carbocycles. The van der Waals surface area contributed by atoms with Crippen molar-refractivity contribution in [1.82, 2.24) is 4.90 Å². The van der Waals surface area contributed by atoms with Gasteiger partial charge in [0.25, 0.3) is 0 Å². The van der Waals surface area contributed by atoms with Crippen LogP contribution in [-0.2, 0) is 0 Å². The summed E-state index contributed by atoms with van der Waals surface area (Å²) in [6.45, 7) is 4.04. The highest BCUT2D eigenvalue weighted by atomic mass is 19.1. The first kappa shape index (κ1) is 14.5. The summed E-state index contributed by atoms with van der Waals surface area (Å²) in [5.74, 6) is -0.133. The van der Waals surface area contributed by atoms with Gasteiger partial charge in [-0.1, -0.05) is 37.5 Å². The van der Waals surface area contributed by atoms with Crippen LogP contribution in [-0.4, -0.2) is 24.0 Å². The van der Waals surface area contributed by atoms with E-state index in [2.05, 4.69) is 4.90 Å². The second kappa shape index (κ2) is 7.01. The van der Waals surface area contributed by atoms with Gasteiger partial charge in [0.2, 0.25) is 0 Å². The van der Waals surface area contributed by atoms with Crippen LogP contribution in [0.3, 0.4) is 0 Å². The SMILES string of the molecule is CC(N)C(c1ccccc1F)N1CCCCCCC1. The van der Waals surface area contributed by atoms with Crippen LogP contribution in [0.15, 0.2) is 24.3 Å². The van der Waals surface area contributed by atoms with E-state index in [0.717, 1.165) is 18.7 Å². The molecule has 1 aliphatic rings. The van der Waals surface area contributed by atoms with E-state index in [-0.39, 0.29) is 17.9 Å². The molecule has 2 atom stereocenters. The van der Waals surface area contributed by atoms with E-state index in [4.69, 9.17) is 5.73 Å². The lowest BCUT2D eigenvalue weighted by Crippen LogP contribution is -2.41. The van der Waals surface area contributed by atoms with E-state index in [1.54, 1.807) is 6.07 Å². The largest absolute Gasteiger partial charge is 0.326 e. The summed E-state index contributed by atoms with van der Waals surface area (Å²) >= 11 is 0. The van der Waals surface area contributed by atoms with Crippen molar-refractivity contribution in [2.75, 3.05) is 13.1 Å². The third kappa shape index (κ3) is 3.77. The summed E-state index contributed by atoms with van der Waals surface area (Å²) in [4.78, 5) is 2.38. The number of likely N-dealkylation sites (tertiary alicyclic amines) is 1. The summed E-state index contributed by atoms with van der Waals surface area (Å²) in [6, 6.07) is 7.00. The van der Waals surface area contributed by atoms with Crippen molar-refractivity contribution in [3.63, 3.8) is 0 Å². The lowest BCUT2D eigenvalue weighted by molar-refractivity contribution is 0.158. The molecule has 0 bridgehead atoms. The highest BCUT2D eigenvalue weighted by molar-refractivity contribution is 5.22. The average Bonchev–Trinajstić information content (AvgIpc) is 2.33. The Morgan fingerprint density at radius 3 is 2.21 bits per heavy atom. The van der Waals surface area contributed by atoms with Crippen molar-refractivity contribution in [1.29, 1.82) is 0 Å². The van der Waals surface area contributed by atoms with E-state index >= 15 is 0 Å². The summed E-state index contributed by atoms with van der Waals surface area (Å²) in [7, 11) is 0. The Bertz CT molecular complexity index is 384. The number of benzene rings is 1. The fourth-order valence-corrected chi connectivity index (χ4v) is 3.08. The van der Waals surface area contributed by atoms with E-state index < -0.39 is 0 Å². The summed E-state index contributed by atoms with van der Waals surface area (Å²) < 4.78 is 14.1. The summed E-state index contributed by atoms with van der Waals surface area (Å²) in [5, 5.41) is 0. The van der Waals surface area contributed by atoms with Crippen LogP contribution in [0, 0.1) is 5.82 Å². The average molecular weight is 264 g/mol. The number of rotatable bonds is 3. The maximum Gasteiger partial charge on any atom is 0.128 e. The van der Waals surface area contributed by atoms with Crippen LogP contribution < -0.4 is 5.73 Å². The summed E-state index contributed by atoms with van der Waals surface area (Å²) in [6.07, 6.45) is 6.27. The molecule has 1 aliphatic heterocycles. The van der Waals surface area contributed by atoms with E-state index in [1.807, 2.05) is 19.1 Å². The summed E-state index contributed by atoms with van der Waals surface area (Å²) in [5.41, 5.74) is 6.90. The predicted octanol–water partition coefficient (Wildman–Crippen LogP) is 3.48. The van der Waals surface area contributed by atoms with Crippen molar-refractivity contribution >= 4 is 0 Å². The molecule has 2 nitrogen and oxygen atoms in total. The van der Waals surface area contributed by atoms with E-state index in [1.165, 1.54) is 38.2 Å². The van der Waals surface area contributed by atoms with Crippen molar-refractivity contribution in [2.24, 2.45) is 5.73 Å². The Labute approximate surface area is 115 Å². The van der Waals surface area contributed by atoms with Gasteiger partial charge in [-0.05, 0) is 38.9 Å². The fourth-order valence-electron chi connectivity index (χ4n) is 3.08. The van der Waals surface area contributed by atoms with Crippen LogP contribution in [0.2, 0.25) is 0 Å². The smallest absolute Gasteiger partial charge is 0.128 e. The molecule has 1 heterocycles. The second-order valence-electron chi connectivity index (χ2n) is 5.63. The van der Waals surface area contributed by atoms with Crippen LogP contribution in [0.25, 0.3) is 0 Å². The van der Waals surface area contributed by atoms with Gasteiger partial charge in [-0.15, -0.1) is 0 Å². The molecule has 0 spiro atoms. The molecule has 2 N–H and O–H groups in total. The molecule has 0 saturated carbocycles. The zero-order valence-corrected chi connectivity index (χ0v) is 11.8. The van der Waals surface area contributed by atoms with Gasteiger partial charge in [-0.2, -0.15) is 0 Å². The fraction of sp³-hybridized carbons (Fsp3) is 0.625. The molecular formula is C16H25FN2. The molecule has 1 aromatic carbocycles. The molecule has 3 heteroatoms. The van der Waals surface area contributed by atoms with Crippen LogP contribution in [0.5, 0.6) is 0 Å². The zero-order valence-electron chi connectivity index (χ0n) is 11.8. The second-order valence-corrected chi connectivity index (χ2v) is 5.63. The predicted molar refractivity (Wildman–Crippen MR) is 77.4 cm³/mol. The minimum atomic E-state index is -0.133. The third-order valence-corrected chi connectivity index (χ3v) is 4.01. The topological polar surface area (TPSA) is 29.3 Å². The Hall–Kier alpha value is -0.930. The number of hydrogen-bond acceptors (Lipinski definition) is 2. The molecule has 0 aromatic heterocycles. The minimum Gasteiger partial charge on any atom is -0.326 e. The molecule has 1 saturated heterocycles. The van der Waals surface area contributed by atoms with Gasteiger partial charge in [-0.25, -0.2) is 4.39 Å². The maximum absolute atomic E-state index is 14.1. The van der Waals surface area contributed by atoms with Gasteiger partial charge in [-0.3, -0.25) is 4.90 Å². The number of halogens is 1. The van der Waals surface area contributed by atoms with Gasteiger partial charge in [0, 0.05) is 11.6 Å². The standard InChI is InChI=1S/C16H25FN2/c1-13(18)16(14-9-5-6-10-15(14)17)19-11-7-3-2-4-8-12-19/h5-6,9-10,13,16H,2-4,7-8,11-12,18H2,1H3. The molecule has 2 rings (SSSR count). The van der Waals surface area contributed by atoms with Crippen LogP contribution in [0.1, 0.15) is 50.6 Å². The first-order valence-corrected chi connectivity index (χ1v) is 7.44. The molecule has 1 aromatic rings. The molecule has 0 radical (unpaired) electrons. The monoisotopic (exact) mass is 264 g/mol. The Kier molecular flexibility index (Phi) is 5.34. The van der Waals surface area contributed by atoms with Gasteiger partial charge in [0.15, 0.2) is 0 Å². The van der Waals surface area contributed by atoms with Crippen molar-refractivity contribution in [3.05, 3.63) is 35.6 Å². The van der Waals surface area contributed by atoms with Gasteiger partial charge in [0.1, 0.15) is 5.82 Å². The van der Waals surface area contributed by atoms with Gasteiger partial charge >= 0.3 is 0 Å². The molecule has 2 unspecified atom stereocenters. The Balaban J connectivity index is 2.21. The van der Waals surface area contributed by atoms with Crippen molar-refractivity contribution in [3.8, 4) is 0 Å². The Morgan fingerprint density at radius 1 is 1.05 bits per heavy atom. The molecule has 0 amide bonds. The van der Waals surface area contributed by atoms with Gasteiger partial charge < -0.3 is 5.73 Å².